The molecule has 0 atom stereocenters. The number of aromatic hydroxyl groups is 1. The van der Waals surface area contributed by atoms with E-state index in [4.69, 9.17) is 0 Å². The summed E-state index contributed by atoms with van der Waals surface area (Å²) < 4.78 is 0. The number of hydrogen-bond acceptors (Lipinski definition) is 1. The van der Waals surface area contributed by atoms with Gasteiger partial charge in [-0.2, -0.15) is 0 Å². The molecule has 1 N–H and O–H groups in total. The highest BCUT2D eigenvalue weighted by molar-refractivity contribution is 5.31. The molecule has 0 saturated carbocycles. The average molecular weight is 164 g/mol. The first-order valence-corrected chi connectivity index (χ1v) is 4.61. The Balaban J connectivity index is 2.46. The summed E-state index contributed by atoms with van der Waals surface area (Å²) in [6, 6.07) is 7.58. The maximum Gasteiger partial charge on any atom is 0.118 e. The van der Waals surface area contributed by atoms with E-state index in [1.807, 2.05) is 18.2 Å². The number of phenolic OH excluding ortho intramolecular Hbond substituents is 1. The van der Waals surface area contributed by atoms with E-state index in [2.05, 4.69) is 6.92 Å². The van der Waals surface area contributed by atoms with Crippen LogP contribution in [0.25, 0.3) is 0 Å². The quantitative estimate of drug-likeness (QED) is 0.678. The second-order valence-electron chi connectivity index (χ2n) is 3.09. The molecule has 1 aromatic carbocycles. The molecule has 66 valence electrons. The fourth-order valence-electron chi connectivity index (χ4n) is 1.29. The van der Waals surface area contributed by atoms with E-state index in [1.54, 1.807) is 6.07 Å². The largest absolute Gasteiger partial charge is 0.508 e. The Morgan fingerprint density at radius 3 is 2.58 bits per heavy atom. The SMILES string of the molecule is CCCCCc1ccccc1O. The number of hydrogen-bond donors (Lipinski definition) is 1. The molecule has 0 bridgehead atoms. The topological polar surface area (TPSA) is 20.2 Å². The summed E-state index contributed by atoms with van der Waals surface area (Å²) in [5.74, 6) is 0.439. The lowest BCUT2D eigenvalue weighted by atomic mass is 10.1. The molecule has 1 rings (SSSR count). The van der Waals surface area contributed by atoms with E-state index < -0.39 is 0 Å². The van der Waals surface area contributed by atoms with Crippen LogP contribution in [0.5, 0.6) is 5.75 Å². The van der Waals surface area contributed by atoms with E-state index in [0.29, 0.717) is 5.75 Å². The van der Waals surface area contributed by atoms with Crippen molar-refractivity contribution in [1.29, 1.82) is 0 Å². The van der Waals surface area contributed by atoms with Crippen molar-refractivity contribution in [2.75, 3.05) is 0 Å². The monoisotopic (exact) mass is 164 g/mol. The predicted molar refractivity (Wildman–Crippen MR) is 51.3 cm³/mol. The van der Waals surface area contributed by atoms with E-state index in [-0.39, 0.29) is 0 Å². The minimum atomic E-state index is 0.439. The van der Waals surface area contributed by atoms with Crippen molar-refractivity contribution in [1.82, 2.24) is 0 Å². The molecule has 0 aliphatic carbocycles. The van der Waals surface area contributed by atoms with Gasteiger partial charge in [0.05, 0.1) is 0 Å². The number of benzene rings is 1. The Morgan fingerprint density at radius 1 is 1.17 bits per heavy atom. The molecule has 0 radical (unpaired) electrons. The summed E-state index contributed by atoms with van der Waals surface area (Å²) in [6.45, 7) is 2.19. The fraction of sp³-hybridized carbons (Fsp3) is 0.455. The molecule has 1 nitrogen and oxygen atoms in total. The molecule has 0 spiro atoms. The second kappa shape index (κ2) is 4.81. The van der Waals surface area contributed by atoms with Gasteiger partial charge in [-0.25, -0.2) is 0 Å². The van der Waals surface area contributed by atoms with E-state index in [0.717, 1.165) is 12.0 Å². The lowest BCUT2D eigenvalue weighted by Gasteiger charge is -2.02. The van der Waals surface area contributed by atoms with Crippen LogP contribution in [-0.4, -0.2) is 5.11 Å². The van der Waals surface area contributed by atoms with Gasteiger partial charge in [0.25, 0.3) is 0 Å². The van der Waals surface area contributed by atoms with Gasteiger partial charge in [-0.15, -0.1) is 0 Å². The Kier molecular flexibility index (Phi) is 3.65. The zero-order chi connectivity index (χ0) is 8.81. The van der Waals surface area contributed by atoms with Crippen molar-refractivity contribution >= 4 is 0 Å². The van der Waals surface area contributed by atoms with Gasteiger partial charge < -0.3 is 5.11 Å². The Labute approximate surface area is 74.1 Å². The smallest absolute Gasteiger partial charge is 0.118 e. The van der Waals surface area contributed by atoms with Crippen LogP contribution in [0.1, 0.15) is 31.7 Å². The zero-order valence-corrected chi connectivity index (χ0v) is 7.59. The number of unbranched alkanes of at least 4 members (excludes halogenated alkanes) is 2. The van der Waals surface area contributed by atoms with Gasteiger partial charge in [-0.1, -0.05) is 38.0 Å². The van der Waals surface area contributed by atoms with Crippen molar-refractivity contribution in [3.8, 4) is 5.75 Å². The van der Waals surface area contributed by atoms with Crippen molar-refractivity contribution in [3.63, 3.8) is 0 Å². The molecule has 0 unspecified atom stereocenters. The van der Waals surface area contributed by atoms with Gasteiger partial charge in [-0.05, 0) is 24.5 Å². The van der Waals surface area contributed by atoms with Crippen LogP contribution < -0.4 is 0 Å². The molecule has 0 aliphatic heterocycles. The van der Waals surface area contributed by atoms with Gasteiger partial charge in [-0.3, -0.25) is 0 Å². The second-order valence-corrected chi connectivity index (χ2v) is 3.09. The van der Waals surface area contributed by atoms with Gasteiger partial charge >= 0.3 is 0 Å². The van der Waals surface area contributed by atoms with Crippen LogP contribution in [0.4, 0.5) is 0 Å². The number of aryl methyl sites for hydroxylation is 1. The summed E-state index contributed by atoms with van der Waals surface area (Å²) in [7, 11) is 0. The van der Waals surface area contributed by atoms with Crippen molar-refractivity contribution in [2.24, 2.45) is 0 Å². The summed E-state index contributed by atoms with van der Waals surface area (Å²) in [6.07, 6.45) is 4.65. The molecule has 1 aromatic rings. The summed E-state index contributed by atoms with van der Waals surface area (Å²) in [5.41, 5.74) is 1.07. The number of phenols is 1. The summed E-state index contributed by atoms with van der Waals surface area (Å²) in [5, 5.41) is 9.41. The minimum Gasteiger partial charge on any atom is -0.508 e. The van der Waals surface area contributed by atoms with Gasteiger partial charge in [0.15, 0.2) is 0 Å². The normalized spacial score (nSPS) is 10.1. The van der Waals surface area contributed by atoms with Gasteiger partial charge in [0.1, 0.15) is 5.75 Å². The maximum absolute atomic E-state index is 9.41. The van der Waals surface area contributed by atoms with E-state index >= 15 is 0 Å². The lowest BCUT2D eigenvalue weighted by Crippen LogP contribution is -1.85. The summed E-state index contributed by atoms with van der Waals surface area (Å²) >= 11 is 0. The summed E-state index contributed by atoms with van der Waals surface area (Å²) in [4.78, 5) is 0. The number of rotatable bonds is 4. The van der Waals surface area contributed by atoms with Crippen molar-refractivity contribution in [3.05, 3.63) is 29.8 Å². The first kappa shape index (κ1) is 9.11. The molecule has 0 heterocycles. The average Bonchev–Trinajstić information content (AvgIpc) is 2.09. The minimum absolute atomic E-state index is 0.439. The van der Waals surface area contributed by atoms with Crippen LogP contribution in [0.15, 0.2) is 24.3 Å². The van der Waals surface area contributed by atoms with Crippen LogP contribution >= 0.6 is 0 Å². The molecule has 12 heavy (non-hydrogen) atoms. The van der Waals surface area contributed by atoms with Crippen LogP contribution in [0.2, 0.25) is 0 Å². The van der Waals surface area contributed by atoms with Crippen molar-refractivity contribution in [2.45, 2.75) is 32.6 Å². The molecular weight excluding hydrogens is 148 g/mol. The molecule has 1 heteroatoms. The lowest BCUT2D eigenvalue weighted by molar-refractivity contribution is 0.466. The van der Waals surface area contributed by atoms with Crippen LogP contribution in [0.3, 0.4) is 0 Å². The Bertz CT molecular complexity index is 230. The fourth-order valence-corrected chi connectivity index (χ4v) is 1.29. The van der Waals surface area contributed by atoms with Crippen LogP contribution in [-0.2, 0) is 6.42 Å². The number of para-hydroxylation sites is 1. The molecule has 0 saturated heterocycles. The highest BCUT2D eigenvalue weighted by atomic mass is 16.3. The molecular formula is C11H16O. The van der Waals surface area contributed by atoms with E-state index in [9.17, 15) is 5.11 Å². The highest BCUT2D eigenvalue weighted by Gasteiger charge is 1.97. The predicted octanol–water partition coefficient (Wildman–Crippen LogP) is 3.12. The third kappa shape index (κ3) is 2.57. The Morgan fingerprint density at radius 2 is 1.92 bits per heavy atom. The Hall–Kier alpha value is -0.980. The third-order valence-corrected chi connectivity index (χ3v) is 2.04. The molecule has 0 aromatic heterocycles. The molecule has 0 amide bonds. The molecule has 0 aliphatic rings. The first-order chi connectivity index (χ1) is 5.84. The third-order valence-electron chi connectivity index (χ3n) is 2.04. The molecule has 0 fully saturated rings. The van der Waals surface area contributed by atoms with Crippen LogP contribution in [0, 0.1) is 0 Å². The zero-order valence-electron chi connectivity index (χ0n) is 7.59. The van der Waals surface area contributed by atoms with E-state index in [1.165, 1.54) is 19.3 Å². The standard InChI is InChI=1S/C11H16O/c1-2-3-4-7-10-8-5-6-9-11(10)12/h5-6,8-9,12H,2-4,7H2,1H3. The highest BCUT2D eigenvalue weighted by Crippen LogP contribution is 2.17. The maximum atomic E-state index is 9.41. The van der Waals surface area contributed by atoms with Gasteiger partial charge in [0, 0.05) is 0 Å². The van der Waals surface area contributed by atoms with Crippen molar-refractivity contribution < 1.29 is 5.11 Å². The first-order valence-electron chi connectivity index (χ1n) is 4.61. The van der Waals surface area contributed by atoms with Gasteiger partial charge in [0.2, 0.25) is 0 Å².